The van der Waals surface area contributed by atoms with Gasteiger partial charge in [0, 0.05) is 52.4 Å². The maximum atomic E-state index is 13.4. The number of nitrogens with zero attached hydrogens (tertiary/aromatic N) is 6. The van der Waals surface area contributed by atoms with E-state index in [0.717, 1.165) is 50.6 Å². The lowest BCUT2D eigenvalue weighted by molar-refractivity contribution is -0.152. The summed E-state index contributed by atoms with van der Waals surface area (Å²) in [7, 11) is 2.45. The molecule has 86 heavy (non-hydrogen) atoms. The van der Waals surface area contributed by atoms with Crippen molar-refractivity contribution in [2.24, 2.45) is 10.8 Å². The van der Waals surface area contributed by atoms with Crippen LogP contribution in [0.2, 0.25) is 30.5 Å². The number of esters is 2. The van der Waals surface area contributed by atoms with Gasteiger partial charge in [0.2, 0.25) is 0 Å². The van der Waals surface area contributed by atoms with E-state index in [9.17, 15) is 61.1 Å². The van der Waals surface area contributed by atoms with E-state index in [0.29, 0.717) is 20.6 Å². The lowest BCUT2D eigenvalue weighted by atomic mass is 9.93. The van der Waals surface area contributed by atoms with E-state index in [1.54, 1.807) is 86.6 Å². The Kier molecular flexibility index (Phi) is 23.7. The number of hydrogen-bond acceptors (Lipinski definition) is 14. The number of pyridine rings is 1. The molecule has 0 aliphatic carbocycles. The van der Waals surface area contributed by atoms with Gasteiger partial charge in [-0.25, -0.2) is 24.2 Å². The highest BCUT2D eigenvalue weighted by atomic mass is 35.5. The molecule has 0 radical (unpaired) electrons. The van der Waals surface area contributed by atoms with Crippen molar-refractivity contribution in [3.8, 4) is 0 Å². The summed E-state index contributed by atoms with van der Waals surface area (Å²) < 4.78 is 54.3. The van der Waals surface area contributed by atoms with Crippen LogP contribution in [0.3, 0.4) is 0 Å². The Labute approximate surface area is 513 Å². The summed E-state index contributed by atoms with van der Waals surface area (Å²) in [5.41, 5.74) is -5.90. The molecule has 0 spiro atoms. The van der Waals surface area contributed by atoms with Gasteiger partial charge in [0.05, 0.1) is 44.7 Å². The van der Waals surface area contributed by atoms with Crippen LogP contribution in [-0.2, 0) is 58.0 Å². The Bertz CT molecular complexity index is 4210. The third-order valence-electron chi connectivity index (χ3n) is 11.9. The number of methoxy groups -OCH3 is 2. The highest BCUT2D eigenvalue weighted by molar-refractivity contribution is 6.31. The fourth-order valence-electron chi connectivity index (χ4n) is 7.56. The normalized spacial score (nSPS) is 11.2. The van der Waals surface area contributed by atoms with Crippen molar-refractivity contribution in [2.45, 2.75) is 66.6 Å². The summed E-state index contributed by atoms with van der Waals surface area (Å²) in [6, 6.07) is 28.2. The minimum absolute atomic E-state index is 0.0251. The van der Waals surface area contributed by atoms with E-state index in [4.69, 9.17) is 79.1 Å². The van der Waals surface area contributed by atoms with Gasteiger partial charge in [0.1, 0.15) is 32.8 Å². The number of ether oxygens (including phenoxy) is 2. The lowest BCUT2D eigenvalue weighted by Gasteiger charge is -2.23. The Balaban J connectivity index is 0.000000229. The average molecular weight is 1310 g/mol. The first-order valence-corrected chi connectivity index (χ1v) is 27.0. The molecular weight excluding hydrogens is 1260 g/mol. The number of anilines is 2. The van der Waals surface area contributed by atoms with Crippen LogP contribution in [-0.4, -0.2) is 68.9 Å². The third-order valence-corrected chi connectivity index (χ3v) is 13.4. The number of carbonyl (C=O) groups excluding carboxylic acids is 2. The summed E-state index contributed by atoms with van der Waals surface area (Å²) in [6.07, 6.45) is -4.68. The van der Waals surface area contributed by atoms with Gasteiger partial charge >= 0.3 is 40.9 Å². The monoisotopic (exact) mass is 1310 g/mol. The highest BCUT2D eigenvalue weighted by Crippen LogP contribution is 2.29. The summed E-state index contributed by atoms with van der Waals surface area (Å²) in [6.45, 7) is 6.26. The van der Waals surface area contributed by atoms with Crippen LogP contribution in [0.25, 0.3) is 0 Å². The molecule has 3 aromatic carbocycles. The summed E-state index contributed by atoms with van der Waals surface area (Å²) in [5, 5.41) is 4.48. The number of halogens is 9. The molecule has 0 atom stereocenters. The number of nitrogens with one attached hydrogen (secondary N) is 4. The molecule has 0 unspecified atom stereocenters. The van der Waals surface area contributed by atoms with Crippen LogP contribution >= 0.6 is 69.6 Å². The quantitative estimate of drug-likeness (QED) is 0.0589. The molecule has 0 aliphatic rings. The van der Waals surface area contributed by atoms with Crippen LogP contribution in [0.1, 0.15) is 50.1 Å². The molecule has 8 rings (SSSR count). The maximum Gasteiger partial charge on any atom is 0.433 e. The number of H-pyrrole nitrogens is 3. The zero-order valence-corrected chi connectivity index (χ0v) is 50.5. The minimum Gasteiger partial charge on any atom is -0.469 e. The Hall–Kier alpha value is -8.20. The van der Waals surface area contributed by atoms with Crippen LogP contribution in [0.5, 0.6) is 0 Å². The lowest BCUT2D eigenvalue weighted by Crippen LogP contribution is -2.45. The smallest absolute Gasteiger partial charge is 0.433 e. The van der Waals surface area contributed by atoms with Gasteiger partial charge in [-0.3, -0.25) is 66.6 Å². The number of carbonyl (C=O) groups is 2. The van der Waals surface area contributed by atoms with Crippen molar-refractivity contribution in [3.05, 3.63) is 252 Å². The van der Waals surface area contributed by atoms with E-state index in [2.05, 4.69) is 20.3 Å². The zero-order chi connectivity index (χ0) is 64.0. The number of alkyl halides is 3. The zero-order valence-electron chi connectivity index (χ0n) is 46.0. The molecule has 0 saturated carbocycles. The van der Waals surface area contributed by atoms with Gasteiger partial charge in [-0.2, -0.15) is 13.2 Å². The van der Waals surface area contributed by atoms with E-state index in [1.807, 2.05) is 4.98 Å². The highest BCUT2D eigenvalue weighted by Gasteiger charge is 2.34. The second-order valence-electron chi connectivity index (χ2n) is 19.5. The topological polar surface area (TPSA) is 286 Å². The summed E-state index contributed by atoms with van der Waals surface area (Å²) >= 11 is 34.7. The third kappa shape index (κ3) is 19.4. The van der Waals surface area contributed by atoms with Gasteiger partial charge in [-0.05, 0) is 92.9 Å². The first kappa shape index (κ1) is 68.6. The molecule has 0 fully saturated rings. The summed E-state index contributed by atoms with van der Waals surface area (Å²) in [4.78, 5) is 128. The van der Waals surface area contributed by atoms with Crippen molar-refractivity contribution < 1.29 is 32.2 Å². The molecule has 5 heterocycles. The molecule has 0 aliphatic heterocycles. The first-order valence-electron chi connectivity index (χ1n) is 24.8. The number of aromatic amines is 3. The van der Waals surface area contributed by atoms with E-state index >= 15 is 0 Å². The van der Waals surface area contributed by atoms with Crippen LogP contribution in [0.4, 0.5) is 24.8 Å². The molecule has 4 N–H and O–H groups in total. The maximum absolute atomic E-state index is 13.4. The van der Waals surface area contributed by atoms with Crippen molar-refractivity contribution in [1.82, 2.24) is 42.8 Å². The molecule has 22 nitrogen and oxygen atoms in total. The predicted molar refractivity (Wildman–Crippen MR) is 320 cm³/mol. The fourth-order valence-corrected chi connectivity index (χ4v) is 8.58. The first-order chi connectivity index (χ1) is 40.2. The van der Waals surface area contributed by atoms with Crippen LogP contribution in [0.15, 0.2) is 154 Å². The van der Waals surface area contributed by atoms with Crippen LogP contribution < -0.4 is 50.3 Å². The molecule has 8 aromatic rings. The van der Waals surface area contributed by atoms with E-state index < -0.39 is 79.6 Å². The van der Waals surface area contributed by atoms with Gasteiger partial charge in [-0.1, -0.05) is 112 Å². The SMILES string of the molecule is COC(=O)C(C)(C)Cn1c(=O)cc(Cl)n(Cc2ccc(Cl)cc2)c1=O.COC(=O)C(C)(C)Cn1c(=O)cc(Nc2cccc(C(F)(F)F)n2)n(Cc2ccc(Cl)cc2)c1=O.O=c1cc(Cl)[nH]c(=O)[nH]1.O=c1cc(Cl)n(Cc2ccc(Cl)cc2)c(=O)[nH]1. The molecule has 456 valence electrons. The van der Waals surface area contributed by atoms with Gasteiger partial charge in [0.25, 0.3) is 22.2 Å². The second kappa shape index (κ2) is 29.7. The minimum atomic E-state index is -4.68. The number of aromatic nitrogens is 9. The largest absolute Gasteiger partial charge is 0.469 e. The second-order valence-corrected chi connectivity index (χ2v) is 22.0. The predicted octanol–water partition coefficient (Wildman–Crippen LogP) is 8.24. The molecule has 0 amide bonds. The van der Waals surface area contributed by atoms with E-state index in [1.165, 1.54) is 53.9 Å². The van der Waals surface area contributed by atoms with Crippen molar-refractivity contribution in [3.63, 3.8) is 0 Å². The Morgan fingerprint density at radius 1 is 0.523 bits per heavy atom. The van der Waals surface area contributed by atoms with Crippen molar-refractivity contribution >= 4 is 93.2 Å². The standard InChI is InChI=1S/C23H22ClF3N4O4.C17H18Cl2N2O4.C11H8Cl2N2O2.C4H3ClN2O2/c1-22(2,20(33)35-3)13-31-19(32)11-18(29-17-6-4-5-16(28-17)23(25,26)27)30(21(31)34)12-14-7-9-15(24)10-8-14;1-17(2,15(23)25-3)10-21-14(22)8-13(19)20(16(21)24)9-11-4-6-12(18)7-5-11;12-8-3-1-7(2-4-8)6-15-9(13)5-10(16)14-11(15)17;5-2-1-3(8)7-4(9)6-2/h4-11H,12-13H2,1-3H3,(H,28,29);4-8H,9-10H2,1-3H3;1-5H,6H2,(H,14,16,17);1H,(H2,6,7,8,9). The van der Waals surface area contributed by atoms with Gasteiger partial charge in [-0.15, -0.1) is 0 Å². The van der Waals surface area contributed by atoms with Crippen molar-refractivity contribution in [2.75, 3.05) is 19.5 Å². The number of benzene rings is 3. The molecule has 31 heteroatoms. The number of hydrogen-bond donors (Lipinski definition) is 4. The Morgan fingerprint density at radius 2 is 0.942 bits per heavy atom. The van der Waals surface area contributed by atoms with Crippen molar-refractivity contribution in [1.29, 1.82) is 0 Å². The van der Waals surface area contributed by atoms with Gasteiger partial charge in [0.15, 0.2) is 0 Å². The average Bonchev–Trinajstić information content (AvgIpc) is 2.04. The molecule has 5 aromatic heterocycles. The molecule has 0 bridgehead atoms. The van der Waals surface area contributed by atoms with Crippen LogP contribution in [0, 0.1) is 10.8 Å². The number of rotatable bonds is 14. The fraction of sp³-hybridized carbons (Fsp3) is 0.255. The summed E-state index contributed by atoms with van der Waals surface area (Å²) in [5.74, 6) is -1.42. The molecular formula is C55H51Cl6F3N10O12. The van der Waals surface area contributed by atoms with E-state index in [-0.39, 0.29) is 59.8 Å². The molecule has 0 saturated heterocycles. The Morgan fingerprint density at radius 3 is 1.37 bits per heavy atom. The van der Waals surface area contributed by atoms with Gasteiger partial charge < -0.3 is 14.8 Å².